The van der Waals surface area contributed by atoms with Crippen LogP contribution in [0.1, 0.15) is 11.1 Å². The lowest BCUT2D eigenvalue weighted by atomic mass is 10.1. The molecule has 0 N–H and O–H groups in total. The number of hydrogen-bond donors (Lipinski definition) is 0. The van der Waals surface area contributed by atoms with E-state index in [2.05, 4.69) is 37.5 Å². The Morgan fingerprint density at radius 1 is 1.44 bits per heavy atom. The van der Waals surface area contributed by atoms with Gasteiger partial charge in [-0.15, -0.1) is 5.10 Å². The Morgan fingerprint density at radius 2 is 2.25 bits per heavy atom. The first-order chi connectivity index (χ1) is 7.70. The molecule has 0 aliphatic carbocycles. The third-order valence-electron chi connectivity index (χ3n) is 2.28. The van der Waals surface area contributed by atoms with Crippen molar-refractivity contribution >= 4 is 15.9 Å². The molecule has 6 heteroatoms. The molecule has 0 radical (unpaired) electrons. The molecule has 0 saturated carbocycles. The zero-order valence-electron chi connectivity index (χ0n) is 9.01. The van der Waals surface area contributed by atoms with Gasteiger partial charge in [-0.1, -0.05) is 12.1 Å². The van der Waals surface area contributed by atoms with Gasteiger partial charge in [0.1, 0.15) is 5.75 Å². The van der Waals surface area contributed by atoms with E-state index in [1.165, 1.54) is 0 Å². The quantitative estimate of drug-likeness (QED) is 0.862. The van der Waals surface area contributed by atoms with Gasteiger partial charge in [0.2, 0.25) is 4.73 Å². The average Bonchev–Trinajstić information content (AvgIpc) is 2.65. The van der Waals surface area contributed by atoms with Crippen molar-refractivity contribution in [2.24, 2.45) is 0 Å². The monoisotopic (exact) mass is 282 g/mol. The van der Waals surface area contributed by atoms with Crippen molar-refractivity contribution in [2.75, 3.05) is 7.11 Å². The molecule has 0 saturated heterocycles. The number of ether oxygens (including phenoxy) is 1. The van der Waals surface area contributed by atoms with Gasteiger partial charge in [-0.05, 0) is 50.5 Å². The van der Waals surface area contributed by atoms with E-state index in [-0.39, 0.29) is 0 Å². The molecular formula is C10H11BrN4O. The lowest BCUT2D eigenvalue weighted by Crippen LogP contribution is -2.03. The fourth-order valence-electron chi connectivity index (χ4n) is 1.50. The first-order valence-electron chi connectivity index (χ1n) is 4.76. The highest BCUT2D eigenvalue weighted by molar-refractivity contribution is 9.10. The molecule has 5 nitrogen and oxygen atoms in total. The average molecular weight is 283 g/mol. The largest absolute Gasteiger partial charge is 0.496 e. The maximum absolute atomic E-state index is 5.20. The molecule has 0 atom stereocenters. The van der Waals surface area contributed by atoms with Crippen LogP contribution in [0.5, 0.6) is 5.75 Å². The molecule has 84 valence electrons. The second-order valence-electron chi connectivity index (χ2n) is 3.41. The molecule has 1 aromatic heterocycles. The van der Waals surface area contributed by atoms with Crippen LogP contribution in [0.2, 0.25) is 0 Å². The third-order valence-corrected chi connectivity index (χ3v) is 2.85. The van der Waals surface area contributed by atoms with Crippen molar-refractivity contribution in [3.8, 4) is 5.75 Å². The van der Waals surface area contributed by atoms with Crippen molar-refractivity contribution in [3.05, 3.63) is 34.1 Å². The van der Waals surface area contributed by atoms with Crippen molar-refractivity contribution < 1.29 is 4.74 Å². The number of nitrogens with zero attached hydrogens (tertiary/aromatic N) is 4. The molecular weight excluding hydrogens is 272 g/mol. The Bertz CT molecular complexity index is 497. The summed E-state index contributed by atoms with van der Waals surface area (Å²) < 4.78 is 7.51. The maximum atomic E-state index is 5.20. The maximum Gasteiger partial charge on any atom is 0.218 e. The predicted octanol–water partition coefficient (Wildman–Crippen LogP) is 1.80. The number of aromatic nitrogens is 4. The summed E-state index contributed by atoms with van der Waals surface area (Å²) in [5.74, 6) is 0.888. The summed E-state index contributed by atoms with van der Waals surface area (Å²) in [7, 11) is 1.67. The van der Waals surface area contributed by atoms with E-state index in [9.17, 15) is 0 Å². The van der Waals surface area contributed by atoms with E-state index >= 15 is 0 Å². The van der Waals surface area contributed by atoms with Gasteiger partial charge in [0.15, 0.2) is 0 Å². The van der Waals surface area contributed by atoms with Gasteiger partial charge in [0.05, 0.1) is 13.7 Å². The van der Waals surface area contributed by atoms with Crippen LogP contribution in [-0.4, -0.2) is 27.3 Å². The van der Waals surface area contributed by atoms with Gasteiger partial charge < -0.3 is 4.74 Å². The highest BCUT2D eigenvalue weighted by Crippen LogP contribution is 2.19. The smallest absolute Gasteiger partial charge is 0.218 e. The zero-order chi connectivity index (χ0) is 11.5. The Balaban J connectivity index is 2.23. The summed E-state index contributed by atoms with van der Waals surface area (Å²) in [6.45, 7) is 2.65. The SMILES string of the molecule is COc1ccc(Cn2nnnc2Br)cc1C. The topological polar surface area (TPSA) is 52.8 Å². The van der Waals surface area contributed by atoms with E-state index in [0.717, 1.165) is 16.9 Å². The van der Waals surface area contributed by atoms with Crippen molar-refractivity contribution in [1.82, 2.24) is 20.2 Å². The number of methoxy groups -OCH3 is 1. The van der Waals surface area contributed by atoms with E-state index in [1.54, 1.807) is 11.8 Å². The number of tetrazole rings is 1. The highest BCUT2D eigenvalue weighted by Gasteiger charge is 2.04. The molecule has 0 amide bonds. The van der Waals surface area contributed by atoms with Crippen LogP contribution in [0.4, 0.5) is 0 Å². The van der Waals surface area contributed by atoms with E-state index in [4.69, 9.17) is 4.74 Å². The van der Waals surface area contributed by atoms with Crippen LogP contribution in [0.15, 0.2) is 22.9 Å². The van der Waals surface area contributed by atoms with Crippen molar-refractivity contribution in [3.63, 3.8) is 0 Å². The molecule has 0 aliphatic heterocycles. The Kier molecular flexibility index (Phi) is 3.19. The van der Waals surface area contributed by atoms with E-state index in [1.807, 2.05) is 19.1 Å². The summed E-state index contributed by atoms with van der Waals surface area (Å²) in [6, 6.07) is 6.01. The minimum absolute atomic E-state index is 0.626. The summed E-state index contributed by atoms with van der Waals surface area (Å²) in [4.78, 5) is 0. The van der Waals surface area contributed by atoms with Crippen LogP contribution in [0.3, 0.4) is 0 Å². The molecule has 2 aromatic rings. The molecule has 0 aliphatic rings. The molecule has 0 fully saturated rings. The lowest BCUT2D eigenvalue weighted by molar-refractivity contribution is 0.411. The molecule has 1 aromatic carbocycles. The lowest BCUT2D eigenvalue weighted by Gasteiger charge is -2.07. The first-order valence-corrected chi connectivity index (χ1v) is 5.55. The fourth-order valence-corrected chi connectivity index (χ4v) is 1.77. The number of benzene rings is 1. The number of rotatable bonds is 3. The summed E-state index contributed by atoms with van der Waals surface area (Å²) in [5, 5.41) is 11.2. The first kappa shape index (κ1) is 11.1. The second-order valence-corrected chi connectivity index (χ2v) is 4.12. The normalized spacial score (nSPS) is 10.4. The van der Waals surface area contributed by atoms with Gasteiger partial charge in [-0.3, -0.25) is 0 Å². The van der Waals surface area contributed by atoms with Crippen LogP contribution in [-0.2, 0) is 6.54 Å². The van der Waals surface area contributed by atoms with Gasteiger partial charge in [-0.2, -0.15) is 0 Å². The second kappa shape index (κ2) is 4.61. The van der Waals surface area contributed by atoms with Crippen LogP contribution in [0, 0.1) is 6.92 Å². The van der Waals surface area contributed by atoms with Gasteiger partial charge >= 0.3 is 0 Å². The molecule has 0 bridgehead atoms. The summed E-state index contributed by atoms with van der Waals surface area (Å²) >= 11 is 3.27. The molecule has 16 heavy (non-hydrogen) atoms. The van der Waals surface area contributed by atoms with Crippen molar-refractivity contribution in [2.45, 2.75) is 13.5 Å². The summed E-state index contributed by atoms with van der Waals surface area (Å²) in [5.41, 5.74) is 2.23. The standard InChI is InChI=1S/C10H11BrN4O/c1-7-5-8(3-4-9(7)16-2)6-15-10(11)12-13-14-15/h3-5H,6H2,1-2H3. The van der Waals surface area contributed by atoms with Crippen LogP contribution in [0.25, 0.3) is 0 Å². The Hall–Kier alpha value is -1.43. The predicted molar refractivity (Wildman–Crippen MR) is 62.4 cm³/mol. The van der Waals surface area contributed by atoms with E-state index in [0.29, 0.717) is 11.3 Å². The Labute approximate surface area is 102 Å². The van der Waals surface area contributed by atoms with Gasteiger partial charge in [0, 0.05) is 0 Å². The zero-order valence-corrected chi connectivity index (χ0v) is 10.6. The number of hydrogen-bond acceptors (Lipinski definition) is 4. The van der Waals surface area contributed by atoms with Crippen LogP contribution >= 0.6 is 15.9 Å². The van der Waals surface area contributed by atoms with E-state index < -0.39 is 0 Å². The van der Waals surface area contributed by atoms with Crippen molar-refractivity contribution in [1.29, 1.82) is 0 Å². The van der Waals surface area contributed by atoms with Gasteiger partial charge in [-0.25, -0.2) is 4.68 Å². The molecule has 0 spiro atoms. The fraction of sp³-hybridized carbons (Fsp3) is 0.300. The minimum atomic E-state index is 0.626. The molecule has 2 rings (SSSR count). The van der Waals surface area contributed by atoms with Crippen LogP contribution < -0.4 is 4.74 Å². The molecule has 1 heterocycles. The summed E-state index contributed by atoms with van der Waals surface area (Å²) in [6.07, 6.45) is 0. The minimum Gasteiger partial charge on any atom is -0.496 e. The Morgan fingerprint density at radius 3 is 2.81 bits per heavy atom. The molecule has 0 unspecified atom stereocenters. The van der Waals surface area contributed by atoms with Gasteiger partial charge in [0.25, 0.3) is 0 Å². The highest BCUT2D eigenvalue weighted by atomic mass is 79.9. The number of halogens is 1. The number of aryl methyl sites for hydroxylation is 1. The third kappa shape index (κ3) is 2.21.